The van der Waals surface area contributed by atoms with Gasteiger partial charge in [0.05, 0.1) is 13.0 Å². The Balaban J connectivity index is 1.38. The van der Waals surface area contributed by atoms with Crippen molar-refractivity contribution in [3.63, 3.8) is 0 Å². The summed E-state index contributed by atoms with van der Waals surface area (Å²) in [7, 11) is 0. The Kier molecular flexibility index (Phi) is 8.31. The molecule has 0 saturated carbocycles. The Morgan fingerprint density at radius 3 is 2.29 bits per heavy atom. The molecule has 6 unspecified atom stereocenters. The number of aromatic hydroxyl groups is 3. The van der Waals surface area contributed by atoms with Gasteiger partial charge in [0.25, 0.3) is 0 Å². The number of aliphatic hydroxyl groups excluding tert-OH is 3. The Hall–Kier alpha value is -4.62. The summed E-state index contributed by atoms with van der Waals surface area (Å²) in [5, 5.41) is 60.4. The molecule has 0 aromatic heterocycles. The van der Waals surface area contributed by atoms with Gasteiger partial charge in [-0.2, -0.15) is 0 Å². The molecule has 2 aliphatic heterocycles. The van der Waals surface area contributed by atoms with Gasteiger partial charge in [0.1, 0.15) is 58.7 Å². The maximum absolute atomic E-state index is 12.9. The second-order valence-electron chi connectivity index (χ2n) is 9.79. The van der Waals surface area contributed by atoms with Crippen LogP contribution in [0, 0.1) is 0 Å². The number of hydrogen-bond donors (Lipinski definition) is 6. The van der Waals surface area contributed by atoms with Crippen LogP contribution in [-0.2, 0) is 14.3 Å². The van der Waals surface area contributed by atoms with Crippen molar-refractivity contribution in [2.24, 2.45) is 0 Å². The summed E-state index contributed by atoms with van der Waals surface area (Å²) >= 11 is 0. The topological polar surface area (TPSA) is 192 Å². The Morgan fingerprint density at radius 1 is 0.952 bits per heavy atom. The van der Waals surface area contributed by atoms with Crippen LogP contribution < -0.4 is 9.47 Å². The standard InChI is InChI=1S/C30H28O12/c31-14-24-27(37)28(38)29(42-25(36)10-3-15-1-6-17(32)7-2-15)30(41-24)39-19-11-20(34)26-21(35)13-22(40-23(26)12-19)16-4-8-18(33)9-5-16/h1-12,22,24,27-34,37-38H,13-14H2/b10-3-. The van der Waals surface area contributed by atoms with E-state index in [4.69, 9.17) is 18.9 Å². The first-order valence-corrected chi connectivity index (χ1v) is 13.0. The fourth-order valence-corrected chi connectivity index (χ4v) is 4.69. The number of phenolic OH excluding ortho intramolecular Hbond substituents is 3. The average Bonchev–Trinajstić information content (AvgIpc) is 2.96. The van der Waals surface area contributed by atoms with Crippen LogP contribution in [0.4, 0.5) is 0 Å². The van der Waals surface area contributed by atoms with Crippen LogP contribution >= 0.6 is 0 Å². The molecule has 2 heterocycles. The van der Waals surface area contributed by atoms with E-state index in [9.17, 15) is 40.2 Å². The van der Waals surface area contributed by atoms with Gasteiger partial charge in [-0.05, 0) is 41.5 Å². The van der Waals surface area contributed by atoms with E-state index in [2.05, 4.69) is 0 Å². The molecule has 6 atom stereocenters. The molecule has 0 radical (unpaired) electrons. The summed E-state index contributed by atoms with van der Waals surface area (Å²) in [6.45, 7) is -0.694. The van der Waals surface area contributed by atoms with Gasteiger partial charge in [0.15, 0.2) is 11.9 Å². The predicted octanol–water partition coefficient (Wildman–Crippen LogP) is 1.95. The molecule has 12 heteroatoms. The molecule has 2 aliphatic rings. The molecule has 0 bridgehead atoms. The summed E-state index contributed by atoms with van der Waals surface area (Å²) in [6.07, 6.45) is -6.09. The number of fused-ring (bicyclic) bond motifs is 1. The molecule has 1 fully saturated rings. The van der Waals surface area contributed by atoms with Crippen LogP contribution in [0.25, 0.3) is 6.08 Å². The van der Waals surface area contributed by atoms with Crippen molar-refractivity contribution in [3.8, 4) is 28.7 Å². The molecule has 12 nitrogen and oxygen atoms in total. The lowest BCUT2D eigenvalue weighted by molar-refractivity contribution is -0.281. The second kappa shape index (κ2) is 12.1. The number of phenols is 3. The molecule has 3 aromatic rings. The van der Waals surface area contributed by atoms with Gasteiger partial charge in [0.2, 0.25) is 6.29 Å². The van der Waals surface area contributed by atoms with Gasteiger partial charge >= 0.3 is 5.97 Å². The SMILES string of the molecule is O=C(/C=C\c1ccc(O)cc1)OC1C(Oc2cc(O)c3c(c2)OC(c2ccc(O)cc2)CC3=O)OC(CO)C(O)C1O. The third-order valence-electron chi connectivity index (χ3n) is 6.87. The van der Waals surface area contributed by atoms with E-state index >= 15 is 0 Å². The highest BCUT2D eigenvalue weighted by Crippen LogP contribution is 2.42. The van der Waals surface area contributed by atoms with Crippen molar-refractivity contribution in [3.05, 3.63) is 83.4 Å². The number of ether oxygens (including phenoxy) is 4. The molecular formula is C30H28O12. The average molecular weight is 581 g/mol. The van der Waals surface area contributed by atoms with E-state index in [1.807, 2.05) is 0 Å². The first-order chi connectivity index (χ1) is 20.1. The van der Waals surface area contributed by atoms with E-state index in [0.717, 1.165) is 12.1 Å². The minimum Gasteiger partial charge on any atom is -0.508 e. The number of carbonyl (C=O) groups excluding carboxylic acids is 2. The molecule has 6 N–H and O–H groups in total. The first-order valence-electron chi connectivity index (χ1n) is 13.0. The number of hydrogen-bond acceptors (Lipinski definition) is 12. The number of carbonyl (C=O) groups is 2. The normalized spacial score (nSPS) is 25.5. The van der Waals surface area contributed by atoms with Crippen molar-refractivity contribution in [1.29, 1.82) is 0 Å². The van der Waals surface area contributed by atoms with Crippen molar-refractivity contribution in [1.82, 2.24) is 0 Å². The van der Waals surface area contributed by atoms with E-state index in [0.29, 0.717) is 11.1 Å². The second-order valence-corrected chi connectivity index (χ2v) is 9.79. The summed E-state index contributed by atoms with van der Waals surface area (Å²) in [5.41, 5.74) is 1.12. The minimum atomic E-state index is -1.73. The fourth-order valence-electron chi connectivity index (χ4n) is 4.69. The maximum atomic E-state index is 12.9. The van der Waals surface area contributed by atoms with E-state index in [1.165, 1.54) is 36.4 Å². The summed E-state index contributed by atoms with van der Waals surface area (Å²) in [4.78, 5) is 25.5. The highest BCUT2D eigenvalue weighted by Gasteiger charge is 2.48. The van der Waals surface area contributed by atoms with Crippen molar-refractivity contribution in [2.45, 2.75) is 43.2 Å². The Bertz CT molecular complexity index is 1470. The lowest BCUT2D eigenvalue weighted by atomic mass is 9.95. The molecule has 220 valence electrons. The monoisotopic (exact) mass is 580 g/mol. The van der Waals surface area contributed by atoms with Gasteiger partial charge in [-0.3, -0.25) is 4.79 Å². The zero-order valence-corrected chi connectivity index (χ0v) is 21.9. The molecule has 0 amide bonds. The molecule has 1 saturated heterocycles. The van der Waals surface area contributed by atoms with Gasteiger partial charge in [0, 0.05) is 18.2 Å². The van der Waals surface area contributed by atoms with E-state index in [-0.39, 0.29) is 35.0 Å². The maximum Gasteiger partial charge on any atom is 0.331 e. The number of esters is 1. The quantitative estimate of drug-likeness (QED) is 0.176. The summed E-state index contributed by atoms with van der Waals surface area (Å²) in [6, 6.07) is 14.5. The molecule has 42 heavy (non-hydrogen) atoms. The van der Waals surface area contributed by atoms with Crippen molar-refractivity contribution < 1.29 is 59.2 Å². The summed E-state index contributed by atoms with van der Waals surface area (Å²) in [5.74, 6) is -1.75. The number of rotatable bonds is 7. The molecule has 0 spiro atoms. The van der Waals surface area contributed by atoms with Gasteiger partial charge in [-0.1, -0.05) is 24.3 Å². The van der Waals surface area contributed by atoms with Crippen molar-refractivity contribution in [2.75, 3.05) is 6.61 Å². The van der Waals surface area contributed by atoms with Crippen molar-refractivity contribution >= 4 is 17.8 Å². The van der Waals surface area contributed by atoms with Gasteiger partial charge in [-0.25, -0.2) is 4.79 Å². The van der Waals surface area contributed by atoms with Crippen LogP contribution in [-0.4, -0.2) is 79.7 Å². The van der Waals surface area contributed by atoms with Crippen LogP contribution in [0.15, 0.2) is 66.7 Å². The zero-order chi connectivity index (χ0) is 30.0. The third-order valence-corrected chi connectivity index (χ3v) is 6.87. The third kappa shape index (κ3) is 6.16. The molecule has 3 aromatic carbocycles. The van der Waals surface area contributed by atoms with Gasteiger partial charge < -0.3 is 49.6 Å². The number of aliphatic hydroxyl groups is 3. The molecular weight excluding hydrogens is 552 g/mol. The Labute approximate surface area is 239 Å². The smallest absolute Gasteiger partial charge is 0.331 e. The molecule has 5 rings (SSSR count). The highest BCUT2D eigenvalue weighted by atomic mass is 16.7. The van der Waals surface area contributed by atoms with Crippen LogP contribution in [0.5, 0.6) is 28.7 Å². The zero-order valence-electron chi connectivity index (χ0n) is 21.9. The first kappa shape index (κ1) is 28.9. The lowest BCUT2D eigenvalue weighted by Gasteiger charge is -2.41. The predicted molar refractivity (Wildman–Crippen MR) is 144 cm³/mol. The number of Topliss-reactive ketones (excluding diaryl/α,β-unsaturated/α-hetero) is 1. The summed E-state index contributed by atoms with van der Waals surface area (Å²) < 4.78 is 22.7. The largest absolute Gasteiger partial charge is 0.508 e. The fraction of sp³-hybridized carbons (Fsp3) is 0.267. The number of benzene rings is 3. The van der Waals surface area contributed by atoms with Crippen LogP contribution in [0.1, 0.15) is 34.0 Å². The van der Waals surface area contributed by atoms with E-state index in [1.54, 1.807) is 24.3 Å². The van der Waals surface area contributed by atoms with E-state index < -0.39 is 60.9 Å². The highest BCUT2D eigenvalue weighted by molar-refractivity contribution is 6.02. The minimum absolute atomic E-state index is 0.000184. The molecule has 0 aliphatic carbocycles. The number of ketones is 1. The Morgan fingerprint density at radius 2 is 1.62 bits per heavy atom. The lowest BCUT2D eigenvalue weighted by Crippen LogP contribution is -2.61. The van der Waals surface area contributed by atoms with Gasteiger partial charge in [-0.15, -0.1) is 0 Å². The van der Waals surface area contributed by atoms with Crippen LogP contribution in [0.2, 0.25) is 0 Å². The van der Waals surface area contributed by atoms with Crippen LogP contribution in [0.3, 0.4) is 0 Å².